The molecular weight excluding hydrogens is 582 g/mol. The quantitative estimate of drug-likeness (QED) is 0.0934. The van der Waals surface area contributed by atoms with Crippen LogP contribution < -0.4 is 0 Å². The fourth-order valence-corrected chi connectivity index (χ4v) is 7.20. The molecule has 0 radical (unpaired) electrons. The number of rotatable bonds is 14. The summed E-state index contributed by atoms with van der Waals surface area (Å²) in [6.07, 6.45) is 10.2. The molecule has 2 aliphatic carbocycles. The molecule has 0 unspecified atom stereocenters. The summed E-state index contributed by atoms with van der Waals surface area (Å²) < 4.78 is 0. The number of allylic oxidation sites excluding steroid dienone is 6. The third-order valence-electron chi connectivity index (χ3n) is 9.46. The van der Waals surface area contributed by atoms with E-state index in [9.17, 15) is 25.3 Å². The van der Waals surface area contributed by atoms with Crippen molar-refractivity contribution >= 4 is 0 Å². The van der Waals surface area contributed by atoms with Gasteiger partial charge in [-0.1, -0.05) is 47.6 Å². The van der Waals surface area contributed by atoms with Crippen LogP contribution in [0, 0.1) is 16.7 Å². The molecule has 46 heavy (non-hydrogen) atoms. The van der Waals surface area contributed by atoms with Gasteiger partial charge in [0, 0.05) is 35.1 Å². The molecule has 0 heterocycles. The molecule has 8 nitrogen and oxygen atoms in total. The minimum Gasteiger partial charge on any atom is -0.508 e. The van der Waals surface area contributed by atoms with Crippen molar-refractivity contribution in [1.29, 1.82) is 0 Å². The van der Waals surface area contributed by atoms with E-state index in [-0.39, 0.29) is 65.0 Å². The lowest BCUT2D eigenvalue weighted by Crippen LogP contribution is -2.19. The van der Waals surface area contributed by atoms with Crippen LogP contribution in [0.5, 0.6) is 23.0 Å². The Morgan fingerprint density at radius 2 is 1.13 bits per heavy atom. The summed E-state index contributed by atoms with van der Waals surface area (Å²) in [6, 6.07) is 6.10. The second-order valence-electron chi connectivity index (χ2n) is 13.2. The summed E-state index contributed by atoms with van der Waals surface area (Å²) in [6.45, 7) is 16.8. The standard InChI is InChI=1S/C38H49NO7/c1-23(2)31-13-11-25(5)17-33(31)37-27(19-29(40)21-35(37)42)9-7-15-45-39(44)46-16-8-10-28-20-30(41)22-36(43)38(28)34-18-26(6)12-14-32(34)24(3)4/h17-22,31-34H,1,3,7-16H2,2,4-6H3,(H3-,40,41,42,43)/p+1/t31-,32-,33+,34+/m1/s1. The van der Waals surface area contributed by atoms with Crippen molar-refractivity contribution in [3.63, 3.8) is 0 Å². The lowest BCUT2D eigenvalue weighted by molar-refractivity contribution is -0.981. The Hall–Kier alpha value is -4.20. The second kappa shape index (κ2) is 15.4. The van der Waals surface area contributed by atoms with Crippen LogP contribution in [0.2, 0.25) is 0 Å². The Bertz CT molecular complexity index is 1410. The highest BCUT2D eigenvalue weighted by Crippen LogP contribution is 2.46. The molecule has 8 heteroatoms. The summed E-state index contributed by atoms with van der Waals surface area (Å²) in [7, 11) is 0. The van der Waals surface area contributed by atoms with Gasteiger partial charge in [-0.3, -0.25) is 0 Å². The molecule has 0 fully saturated rings. The maximum absolute atomic E-state index is 12.3. The maximum atomic E-state index is 12.3. The Labute approximate surface area is 272 Å². The average Bonchev–Trinajstić information content (AvgIpc) is 2.96. The number of phenols is 4. The minimum absolute atomic E-state index is 0.0117. The fraction of sp³-hybridized carbons (Fsp3) is 0.474. The second-order valence-corrected chi connectivity index (χ2v) is 13.2. The summed E-state index contributed by atoms with van der Waals surface area (Å²) in [5.41, 5.74) is 7.83. The maximum Gasteiger partial charge on any atom is 0.477 e. The van der Waals surface area contributed by atoms with Gasteiger partial charge in [0.2, 0.25) is 0 Å². The Morgan fingerprint density at radius 1 is 0.739 bits per heavy atom. The van der Waals surface area contributed by atoms with E-state index in [4.69, 9.17) is 9.68 Å². The van der Waals surface area contributed by atoms with Gasteiger partial charge < -0.3 is 20.4 Å². The summed E-state index contributed by atoms with van der Waals surface area (Å²) in [4.78, 5) is 22.8. The molecule has 4 N–H and O–H groups in total. The van der Waals surface area contributed by atoms with Gasteiger partial charge in [0.05, 0.1) is 0 Å². The highest BCUT2D eigenvalue weighted by Gasteiger charge is 2.31. The van der Waals surface area contributed by atoms with Gasteiger partial charge in [0.1, 0.15) is 27.9 Å². The smallest absolute Gasteiger partial charge is 0.477 e. The monoisotopic (exact) mass is 632 g/mol. The van der Waals surface area contributed by atoms with Crippen molar-refractivity contribution in [1.82, 2.24) is 0 Å². The van der Waals surface area contributed by atoms with Crippen molar-refractivity contribution < 1.29 is 35.2 Å². The largest absolute Gasteiger partial charge is 0.508 e. The topological polar surface area (TPSA) is 119 Å². The van der Waals surface area contributed by atoms with E-state index >= 15 is 0 Å². The van der Waals surface area contributed by atoms with E-state index in [2.05, 4.69) is 39.2 Å². The fourth-order valence-electron chi connectivity index (χ4n) is 7.20. The summed E-state index contributed by atoms with van der Waals surface area (Å²) >= 11 is 0. The molecule has 2 aromatic rings. The number of aromatic hydroxyl groups is 4. The third kappa shape index (κ3) is 8.53. The molecule has 2 aliphatic rings. The van der Waals surface area contributed by atoms with E-state index < -0.39 is 0 Å². The first-order valence-corrected chi connectivity index (χ1v) is 16.3. The molecule has 0 aliphatic heterocycles. The zero-order valence-corrected chi connectivity index (χ0v) is 27.7. The van der Waals surface area contributed by atoms with Crippen LogP contribution in [0.4, 0.5) is 0 Å². The van der Waals surface area contributed by atoms with Gasteiger partial charge in [-0.15, -0.1) is 0 Å². The van der Waals surface area contributed by atoms with Gasteiger partial charge in [-0.25, -0.2) is 0 Å². The van der Waals surface area contributed by atoms with Crippen molar-refractivity contribution in [3.8, 4) is 23.0 Å². The van der Waals surface area contributed by atoms with Crippen molar-refractivity contribution in [3.05, 3.63) is 99.0 Å². The van der Waals surface area contributed by atoms with Crippen LogP contribution in [-0.2, 0) is 22.5 Å². The number of benzene rings is 2. The van der Waals surface area contributed by atoms with Crippen LogP contribution in [-0.4, -0.2) is 38.7 Å². The Kier molecular flexibility index (Phi) is 11.6. The number of hydrogen-bond acceptors (Lipinski definition) is 7. The highest BCUT2D eigenvalue weighted by molar-refractivity contribution is 5.51. The SMILES string of the molecule is C=C(C)[C@H]1CCC(C)=C[C@@H]1c1c(O)cc(O)cc1CCCO[N+](=O)OCCCc1cc(O)cc(O)c1[C@H]1C=C(C)CC[C@@H]1C(=C)C. The molecule has 0 saturated heterocycles. The molecule has 0 bridgehead atoms. The number of aryl methyl sites for hydroxylation is 2. The summed E-state index contributed by atoms with van der Waals surface area (Å²) in [5.74, 6) is 0.386. The molecule has 4 rings (SSSR count). The zero-order valence-electron chi connectivity index (χ0n) is 27.7. The molecule has 4 atom stereocenters. The van der Waals surface area contributed by atoms with E-state index in [1.165, 1.54) is 23.3 Å². The van der Waals surface area contributed by atoms with Crippen LogP contribution in [0.1, 0.15) is 100 Å². The van der Waals surface area contributed by atoms with Crippen molar-refractivity contribution in [2.75, 3.05) is 13.2 Å². The van der Waals surface area contributed by atoms with Crippen molar-refractivity contribution in [2.24, 2.45) is 11.8 Å². The van der Waals surface area contributed by atoms with Crippen LogP contribution in [0.15, 0.2) is 71.9 Å². The summed E-state index contributed by atoms with van der Waals surface area (Å²) in [5, 5.41) is 42.3. The molecule has 0 saturated carbocycles. The lowest BCUT2D eigenvalue weighted by atomic mass is 9.72. The molecular formula is C38H50NO7+. The Morgan fingerprint density at radius 3 is 1.50 bits per heavy atom. The molecule has 0 spiro atoms. The van der Waals surface area contributed by atoms with Gasteiger partial charge >= 0.3 is 5.09 Å². The molecule has 0 amide bonds. The lowest BCUT2D eigenvalue weighted by Gasteiger charge is -2.32. The van der Waals surface area contributed by atoms with Gasteiger partial charge in [-0.05, 0) is 114 Å². The molecule has 2 aromatic carbocycles. The molecule has 0 aromatic heterocycles. The first kappa shape index (κ1) is 34.7. The number of hydrogen-bond donors (Lipinski definition) is 4. The highest BCUT2D eigenvalue weighted by atomic mass is 17.0. The van der Waals surface area contributed by atoms with E-state index in [1.807, 2.05) is 13.8 Å². The van der Waals surface area contributed by atoms with E-state index in [1.54, 1.807) is 12.1 Å². The number of nitrogens with zero attached hydrogens (tertiary/aromatic N) is 1. The zero-order chi connectivity index (χ0) is 33.5. The Balaban J connectivity index is 1.32. The molecule has 248 valence electrons. The van der Waals surface area contributed by atoms with Crippen molar-refractivity contribution in [2.45, 2.75) is 90.9 Å². The van der Waals surface area contributed by atoms with Crippen LogP contribution in [0.25, 0.3) is 0 Å². The third-order valence-corrected chi connectivity index (χ3v) is 9.46. The van der Waals surface area contributed by atoms with Gasteiger partial charge in [0.15, 0.2) is 13.2 Å². The predicted molar refractivity (Wildman–Crippen MR) is 180 cm³/mol. The van der Waals surface area contributed by atoms with E-state index in [0.717, 1.165) is 59.1 Å². The first-order valence-electron chi connectivity index (χ1n) is 16.3. The van der Waals surface area contributed by atoms with Gasteiger partial charge in [0.25, 0.3) is 0 Å². The number of phenolic OH excluding ortho intramolecular Hbond substituents is 4. The first-order chi connectivity index (χ1) is 21.8. The van der Waals surface area contributed by atoms with Crippen LogP contribution in [0.3, 0.4) is 0 Å². The average molecular weight is 633 g/mol. The predicted octanol–water partition coefficient (Wildman–Crippen LogP) is 8.75. The van der Waals surface area contributed by atoms with Gasteiger partial charge in [-0.2, -0.15) is 9.68 Å². The van der Waals surface area contributed by atoms with E-state index in [0.29, 0.717) is 25.7 Å². The normalized spacial score (nSPS) is 21.2. The van der Waals surface area contributed by atoms with Crippen LogP contribution >= 0.6 is 0 Å². The minimum atomic E-state index is -0.0408.